The maximum Gasteiger partial charge on any atom is 0.225 e. The summed E-state index contributed by atoms with van der Waals surface area (Å²) in [5.74, 6) is 0.970. The van der Waals surface area contributed by atoms with Crippen LogP contribution in [0.2, 0.25) is 5.28 Å². The maximum atomic E-state index is 5.92. The number of fused-ring (bicyclic) bond motifs is 1. The number of hydrogen-bond donors (Lipinski definition) is 0. The summed E-state index contributed by atoms with van der Waals surface area (Å²) in [6, 6.07) is 4.14. The van der Waals surface area contributed by atoms with Crippen LogP contribution in [0.1, 0.15) is 11.1 Å². The Hall–Kier alpha value is -1.07. The molecule has 0 bridgehead atoms. The topological polar surface area (TPSA) is 39.9 Å². The Morgan fingerprint density at radius 3 is 3.12 bits per heavy atom. The first-order chi connectivity index (χ1) is 8.24. The molecule has 17 heavy (non-hydrogen) atoms. The second kappa shape index (κ2) is 4.31. The van der Waals surface area contributed by atoms with Crippen LogP contribution < -0.4 is 4.74 Å². The molecular formula is C11H9BrClN3O. The highest BCUT2D eigenvalue weighted by Gasteiger charge is 2.18. The first-order valence-corrected chi connectivity index (χ1v) is 6.38. The minimum absolute atomic E-state index is 0.386. The first-order valence-electron chi connectivity index (χ1n) is 5.21. The molecule has 1 aromatic carbocycles. The predicted molar refractivity (Wildman–Crippen MR) is 67.5 cm³/mol. The predicted octanol–water partition coefficient (Wildman–Crippen LogP) is 2.68. The van der Waals surface area contributed by atoms with E-state index < -0.39 is 0 Å². The van der Waals surface area contributed by atoms with Gasteiger partial charge in [-0.3, -0.25) is 4.57 Å². The third-order valence-electron chi connectivity index (χ3n) is 2.73. The molecule has 88 valence electrons. The Balaban J connectivity index is 2.01. The molecule has 3 rings (SSSR count). The van der Waals surface area contributed by atoms with Crippen molar-refractivity contribution in [1.29, 1.82) is 0 Å². The number of aromatic nitrogens is 3. The summed E-state index contributed by atoms with van der Waals surface area (Å²) in [6.07, 6.45) is 2.57. The van der Waals surface area contributed by atoms with Crippen LogP contribution >= 0.6 is 27.5 Å². The summed E-state index contributed by atoms with van der Waals surface area (Å²) >= 11 is 9.43. The number of ether oxygens (including phenoxy) is 1. The molecule has 0 saturated carbocycles. The van der Waals surface area contributed by atoms with E-state index in [9.17, 15) is 0 Å². The van der Waals surface area contributed by atoms with Gasteiger partial charge in [-0.2, -0.15) is 0 Å². The molecule has 0 fully saturated rings. The van der Waals surface area contributed by atoms with Gasteiger partial charge in [-0.25, -0.2) is 0 Å². The molecule has 0 atom stereocenters. The summed E-state index contributed by atoms with van der Waals surface area (Å²) in [6.45, 7) is 1.36. The quantitative estimate of drug-likeness (QED) is 0.855. The minimum Gasteiger partial charge on any atom is -0.493 e. The number of benzene rings is 1. The molecule has 1 aromatic heterocycles. The maximum absolute atomic E-state index is 5.92. The van der Waals surface area contributed by atoms with Crippen molar-refractivity contribution in [2.45, 2.75) is 13.0 Å². The van der Waals surface area contributed by atoms with Crippen molar-refractivity contribution in [1.82, 2.24) is 14.8 Å². The average Bonchev–Trinajstić information content (AvgIpc) is 2.88. The second-order valence-corrected chi connectivity index (χ2v) is 5.13. The van der Waals surface area contributed by atoms with E-state index in [0.717, 1.165) is 28.8 Å². The molecule has 4 nitrogen and oxygen atoms in total. The Morgan fingerprint density at radius 2 is 2.35 bits per heavy atom. The zero-order valence-electron chi connectivity index (χ0n) is 8.86. The van der Waals surface area contributed by atoms with Crippen molar-refractivity contribution in [2.24, 2.45) is 0 Å². The summed E-state index contributed by atoms with van der Waals surface area (Å²) in [4.78, 5) is 0. The lowest BCUT2D eigenvalue weighted by atomic mass is 10.1. The molecule has 2 heterocycles. The molecule has 0 unspecified atom stereocenters. The van der Waals surface area contributed by atoms with Crippen molar-refractivity contribution in [2.75, 3.05) is 6.61 Å². The fraction of sp³-hybridized carbons (Fsp3) is 0.273. The van der Waals surface area contributed by atoms with E-state index in [-0.39, 0.29) is 0 Å². The van der Waals surface area contributed by atoms with Crippen LogP contribution in [0.15, 0.2) is 22.9 Å². The summed E-state index contributed by atoms with van der Waals surface area (Å²) in [5, 5.41) is 7.90. The molecule has 1 aliphatic heterocycles. The van der Waals surface area contributed by atoms with Crippen LogP contribution in [0.4, 0.5) is 0 Å². The van der Waals surface area contributed by atoms with Crippen LogP contribution in [-0.2, 0) is 13.0 Å². The third kappa shape index (κ3) is 2.05. The molecule has 0 spiro atoms. The van der Waals surface area contributed by atoms with Gasteiger partial charge in [0.1, 0.15) is 12.1 Å². The van der Waals surface area contributed by atoms with E-state index in [1.807, 2.05) is 6.07 Å². The van der Waals surface area contributed by atoms with Gasteiger partial charge in [0, 0.05) is 16.5 Å². The molecule has 0 radical (unpaired) electrons. The molecule has 0 amide bonds. The van der Waals surface area contributed by atoms with Crippen LogP contribution in [0.5, 0.6) is 5.75 Å². The highest BCUT2D eigenvalue weighted by molar-refractivity contribution is 9.10. The van der Waals surface area contributed by atoms with Gasteiger partial charge >= 0.3 is 0 Å². The molecule has 0 saturated heterocycles. The normalized spacial score (nSPS) is 13.5. The fourth-order valence-corrected chi connectivity index (χ4v) is 2.69. The van der Waals surface area contributed by atoms with Gasteiger partial charge in [0.05, 0.1) is 13.2 Å². The van der Waals surface area contributed by atoms with E-state index in [1.54, 1.807) is 10.9 Å². The Bertz CT molecular complexity index is 570. The highest BCUT2D eigenvalue weighted by atomic mass is 79.9. The van der Waals surface area contributed by atoms with Gasteiger partial charge in [0.25, 0.3) is 0 Å². The van der Waals surface area contributed by atoms with E-state index in [2.05, 4.69) is 32.2 Å². The van der Waals surface area contributed by atoms with Crippen molar-refractivity contribution in [3.8, 4) is 5.75 Å². The number of rotatable bonds is 2. The van der Waals surface area contributed by atoms with Crippen LogP contribution in [-0.4, -0.2) is 21.4 Å². The molecule has 0 aliphatic carbocycles. The van der Waals surface area contributed by atoms with Crippen molar-refractivity contribution in [3.05, 3.63) is 39.3 Å². The van der Waals surface area contributed by atoms with Crippen molar-refractivity contribution >= 4 is 27.5 Å². The molecular weight excluding hydrogens is 305 g/mol. The van der Waals surface area contributed by atoms with Crippen LogP contribution in [0.25, 0.3) is 0 Å². The largest absolute Gasteiger partial charge is 0.493 e. The summed E-state index contributed by atoms with van der Waals surface area (Å²) in [5.41, 5.74) is 2.33. The summed E-state index contributed by atoms with van der Waals surface area (Å²) in [7, 11) is 0. The van der Waals surface area contributed by atoms with Crippen LogP contribution in [0, 0.1) is 0 Å². The van der Waals surface area contributed by atoms with Gasteiger partial charge in [-0.1, -0.05) is 15.9 Å². The van der Waals surface area contributed by atoms with Gasteiger partial charge in [0.2, 0.25) is 5.28 Å². The standard InChI is InChI=1S/C11H9BrClN3O/c12-9-3-7-1-2-17-10(7)8(4-9)5-16-6-14-15-11(16)13/h3-4,6H,1-2,5H2. The monoisotopic (exact) mass is 313 g/mol. The van der Waals surface area contributed by atoms with E-state index in [4.69, 9.17) is 16.3 Å². The molecule has 2 aromatic rings. The van der Waals surface area contributed by atoms with Gasteiger partial charge in [-0.05, 0) is 29.3 Å². The van der Waals surface area contributed by atoms with E-state index in [1.165, 1.54) is 5.56 Å². The van der Waals surface area contributed by atoms with Crippen LogP contribution in [0.3, 0.4) is 0 Å². The second-order valence-electron chi connectivity index (χ2n) is 3.88. The lowest BCUT2D eigenvalue weighted by Crippen LogP contribution is -2.01. The Kier molecular flexibility index (Phi) is 2.80. The van der Waals surface area contributed by atoms with Gasteiger partial charge in [-0.15, -0.1) is 10.2 Å². The average molecular weight is 315 g/mol. The smallest absolute Gasteiger partial charge is 0.225 e. The SMILES string of the molecule is Clc1nncn1Cc1cc(Br)cc2c1OCC2. The Labute approximate surface area is 112 Å². The Morgan fingerprint density at radius 1 is 1.47 bits per heavy atom. The number of hydrogen-bond acceptors (Lipinski definition) is 3. The third-order valence-corrected chi connectivity index (χ3v) is 3.48. The number of halogens is 2. The van der Waals surface area contributed by atoms with Crippen molar-refractivity contribution < 1.29 is 4.74 Å². The van der Waals surface area contributed by atoms with Gasteiger partial charge < -0.3 is 4.74 Å². The van der Waals surface area contributed by atoms with Gasteiger partial charge in [0.15, 0.2) is 0 Å². The minimum atomic E-state index is 0.386. The van der Waals surface area contributed by atoms with E-state index >= 15 is 0 Å². The molecule has 0 N–H and O–H groups in total. The fourth-order valence-electron chi connectivity index (χ4n) is 1.99. The van der Waals surface area contributed by atoms with Crippen molar-refractivity contribution in [3.63, 3.8) is 0 Å². The molecule has 1 aliphatic rings. The van der Waals surface area contributed by atoms with E-state index in [0.29, 0.717) is 11.8 Å². The highest BCUT2D eigenvalue weighted by Crippen LogP contribution is 2.33. The summed E-state index contributed by atoms with van der Waals surface area (Å²) < 4.78 is 8.49. The zero-order chi connectivity index (χ0) is 11.8. The molecule has 6 heteroatoms. The zero-order valence-corrected chi connectivity index (χ0v) is 11.2. The first kappa shape index (κ1) is 11.0. The number of nitrogens with zero attached hydrogens (tertiary/aromatic N) is 3. The lowest BCUT2D eigenvalue weighted by molar-refractivity contribution is 0.352. The lowest BCUT2D eigenvalue weighted by Gasteiger charge is -2.09.